The van der Waals surface area contributed by atoms with E-state index in [2.05, 4.69) is 15.5 Å². The van der Waals surface area contributed by atoms with E-state index in [-0.39, 0.29) is 23.6 Å². The first-order valence-electron chi connectivity index (χ1n) is 6.70. The highest BCUT2D eigenvalue weighted by Crippen LogP contribution is 2.32. The van der Waals surface area contributed by atoms with Crippen LogP contribution in [0.25, 0.3) is 0 Å². The van der Waals surface area contributed by atoms with Crippen LogP contribution in [0, 0.1) is 12.8 Å². The zero-order chi connectivity index (χ0) is 14.3. The number of aromatic amines is 1. The fourth-order valence-electron chi connectivity index (χ4n) is 2.25. The van der Waals surface area contributed by atoms with Crippen molar-refractivity contribution < 1.29 is 9.59 Å². The molecule has 106 valence electrons. The lowest BCUT2D eigenvalue weighted by Crippen LogP contribution is -2.61. The summed E-state index contributed by atoms with van der Waals surface area (Å²) in [6.07, 6.45) is 1.96. The highest BCUT2D eigenvalue weighted by molar-refractivity contribution is 5.92. The summed E-state index contributed by atoms with van der Waals surface area (Å²) in [4.78, 5) is 37.0. The topological polar surface area (TPSA) is 95.2 Å². The normalized spacial score (nSPS) is 18.6. The number of nitrogens with zero attached hydrogens (tertiary/aromatic N) is 2. The molecule has 1 saturated heterocycles. The van der Waals surface area contributed by atoms with Crippen molar-refractivity contribution in [2.45, 2.75) is 25.8 Å². The van der Waals surface area contributed by atoms with E-state index in [1.807, 2.05) is 0 Å². The molecule has 0 atom stereocenters. The van der Waals surface area contributed by atoms with Crippen LogP contribution in [0.3, 0.4) is 0 Å². The summed E-state index contributed by atoms with van der Waals surface area (Å²) in [5, 5.41) is 9.08. The van der Waals surface area contributed by atoms with Crippen molar-refractivity contribution in [2.24, 2.45) is 5.92 Å². The van der Waals surface area contributed by atoms with Gasteiger partial charge in [-0.3, -0.25) is 19.5 Å². The van der Waals surface area contributed by atoms with Crippen LogP contribution >= 0.6 is 0 Å². The van der Waals surface area contributed by atoms with Crippen LogP contribution in [0.4, 0.5) is 0 Å². The van der Waals surface area contributed by atoms with Gasteiger partial charge in [0.1, 0.15) is 0 Å². The largest absolute Gasteiger partial charge is 0.344 e. The molecule has 0 bridgehead atoms. The predicted molar refractivity (Wildman–Crippen MR) is 70.2 cm³/mol. The Balaban J connectivity index is 1.55. The van der Waals surface area contributed by atoms with Gasteiger partial charge in [0.15, 0.2) is 5.69 Å². The second-order valence-corrected chi connectivity index (χ2v) is 5.45. The van der Waals surface area contributed by atoms with Gasteiger partial charge in [0.2, 0.25) is 11.3 Å². The molecule has 20 heavy (non-hydrogen) atoms. The Labute approximate surface area is 115 Å². The molecule has 1 saturated carbocycles. The molecule has 7 nitrogen and oxygen atoms in total. The average molecular weight is 276 g/mol. The summed E-state index contributed by atoms with van der Waals surface area (Å²) in [6.45, 7) is 2.74. The molecule has 1 aliphatic heterocycles. The van der Waals surface area contributed by atoms with E-state index < -0.39 is 11.3 Å². The minimum Gasteiger partial charge on any atom is -0.344 e. The van der Waals surface area contributed by atoms with E-state index in [1.54, 1.807) is 11.8 Å². The van der Waals surface area contributed by atoms with Crippen LogP contribution in [0.1, 0.15) is 29.0 Å². The molecule has 2 fully saturated rings. The Bertz CT molecular complexity index is 614. The number of rotatable bonds is 3. The maximum absolute atomic E-state index is 11.9. The molecule has 0 spiro atoms. The van der Waals surface area contributed by atoms with Gasteiger partial charge in [0.05, 0.1) is 6.04 Å². The number of carbonyl (C=O) groups excluding carboxylic acids is 2. The fourth-order valence-corrected chi connectivity index (χ4v) is 2.25. The molecule has 2 N–H and O–H groups in total. The summed E-state index contributed by atoms with van der Waals surface area (Å²) in [7, 11) is 0. The predicted octanol–water partition coefficient (Wildman–Crippen LogP) is -0.571. The number of hydrogen-bond donors (Lipinski definition) is 2. The summed E-state index contributed by atoms with van der Waals surface area (Å²) < 4.78 is 0. The standard InChI is InChI=1S/C13H16N4O3/c1-7-4-10(18)11(16-15-7)12(19)14-9-5-17(6-9)13(20)8-2-3-8/h4,8-9H,2-3,5-6H2,1H3,(H,14,19)(H,15,18). The van der Waals surface area contributed by atoms with Gasteiger partial charge in [-0.15, -0.1) is 0 Å². The summed E-state index contributed by atoms with van der Waals surface area (Å²) >= 11 is 0. The van der Waals surface area contributed by atoms with E-state index in [1.165, 1.54) is 6.07 Å². The lowest BCUT2D eigenvalue weighted by Gasteiger charge is -2.39. The maximum atomic E-state index is 11.9. The summed E-state index contributed by atoms with van der Waals surface area (Å²) in [5.74, 6) is -0.107. The molecular weight excluding hydrogens is 260 g/mol. The minimum absolute atomic E-state index is 0.0901. The monoisotopic (exact) mass is 276 g/mol. The van der Waals surface area contributed by atoms with E-state index >= 15 is 0 Å². The third-order valence-corrected chi connectivity index (χ3v) is 3.60. The zero-order valence-electron chi connectivity index (χ0n) is 11.2. The van der Waals surface area contributed by atoms with E-state index in [0.717, 1.165) is 12.8 Å². The first-order chi connectivity index (χ1) is 9.54. The number of carbonyl (C=O) groups is 2. The third kappa shape index (κ3) is 2.43. The average Bonchev–Trinajstić information content (AvgIpc) is 3.16. The van der Waals surface area contributed by atoms with Gasteiger partial charge >= 0.3 is 0 Å². The lowest BCUT2D eigenvalue weighted by atomic mass is 10.1. The van der Waals surface area contributed by atoms with Crippen LogP contribution in [0.15, 0.2) is 10.9 Å². The Kier molecular flexibility index (Phi) is 3.04. The van der Waals surface area contributed by atoms with Crippen LogP contribution in [-0.2, 0) is 4.79 Å². The molecule has 2 amide bonds. The van der Waals surface area contributed by atoms with Crippen molar-refractivity contribution in [1.29, 1.82) is 0 Å². The van der Waals surface area contributed by atoms with Gasteiger partial charge < -0.3 is 10.2 Å². The number of H-pyrrole nitrogens is 1. The van der Waals surface area contributed by atoms with Gasteiger partial charge in [-0.25, -0.2) is 0 Å². The Hall–Kier alpha value is -2.18. The second-order valence-electron chi connectivity index (χ2n) is 5.45. The van der Waals surface area contributed by atoms with Gasteiger partial charge in [0, 0.05) is 30.8 Å². The minimum atomic E-state index is -0.491. The Morgan fingerprint density at radius 1 is 1.40 bits per heavy atom. The number of aryl methyl sites for hydroxylation is 1. The molecule has 0 unspecified atom stereocenters. The summed E-state index contributed by atoms with van der Waals surface area (Å²) in [6, 6.07) is 1.25. The van der Waals surface area contributed by atoms with Crippen LogP contribution in [0.5, 0.6) is 0 Å². The molecule has 0 radical (unpaired) electrons. The Morgan fingerprint density at radius 3 is 2.70 bits per heavy atom. The van der Waals surface area contributed by atoms with Gasteiger partial charge in [0.25, 0.3) is 5.91 Å². The first kappa shape index (κ1) is 12.8. The van der Waals surface area contributed by atoms with E-state index in [0.29, 0.717) is 18.8 Å². The van der Waals surface area contributed by atoms with Crippen molar-refractivity contribution in [2.75, 3.05) is 13.1 Å². The quantitative estimate of drug-likeness (QED) is 0.773. The van der Waals surface area contributed by atoms with Gasteiger partial charge in [-0.1, -0.05) is 0 Å². The Morgan fingerprint density at radius 2 is 2.10 bits per heavy atom. The molecular formula is C13H16N4O3. The van der Waals surface area contributed by atoms with Crippen molar-refractivity contribution in [3.8, 4) is 0 Å². The number of hydrogen-bond acceptors (Lipinski definition) is 4. The smallest absolute Gasteiger partial charge is 0.276 e. The third-order valence-electron chi connectivity index (χ3n) is 3.60. The lowest BCUT2D eigenvalue weighted by molar-refractivity contribution is -0.137. The molecule has 3 rings (SSSR count). The SMILES string of the molecule is Cc1cc(=O)c(C(=O)NC2CN(C(=O)C3CC3)C2)n[nH]1. The molecule has 1 aromatic heterocycles. The highest BCUT2D eigenvalue weighted by atomic mass is 16.2. The van der Waals surface area contributed by atoms with Crippen LogP contribution < -0.4 is 10.7 Å². The highest BCUT2D eigenvalue weighted by Gasteiger charge is 2.39. The molecule has 1 aliphatic carbocycles. The fraction of sp³-hybridized carbons (Fsp3) is 0.538. The number of amides is 2. The molecule has 2 aliphatic rings. The molecule has 7 heteroatoms. The number of aromatic nitrogens is 2. The van der Waals surface area contributed by atoms with Crippen LogP contribution in [-0.4, -0.2) is 46.0 Å². The molecule has 1 aromatic rings. The van der Waals surface area contributed by atoms with Gasteiger partial charge in [-0.2, -0.15) is 5.10 Å². The maximum Gasteiger partial charge on any atom is 0.276 e. The molecule has 2 heterocycles. The number of likely N-dealkylation sites (tertiary alicyclic amines) is 1. The second kappa shape index (κ2) is 4.73. The summed E-state index contributed by atoms with van der Waals surface area (Å²) in [5.41, 5.74) is 0.0722. The van der Waals surface area contributed by atoms with E-state index in [4.69, 9.17) is 0 Å². The van der Waals surface area contributed by atoms with Crippen molar-refractivity contribution in [3.63, 3.8) is 0 Å². The zero-order valence-corrected chi connectivity index (χ0v) is 11.2. The van der Waals surface area contributed by atoms with E-state index in [9.17, 15) is 14.4 Å². The van der Waals surface area contributed by atoms with Gasteiger partial charge in [-0.05, 0) is 19.8 Å². The first-order valence-corrected chi connectivity index (χ1v) is 6.70. The van der Waals surface area contributed by atoms with Crippen molar-refractivity contribution in [1.82, 2.24) is 20.4 Å². The van der Waals surface area contributed by atoms with Crippen molar-refractivity contribution >= 4 is 11.8 Å². The van der Waals surface area contributed by atoms with Crippen molar-refractivity contribution in [3.05, 3.63) is 27.7 Å². The number of nitrogens with one attached hydrogen (secondary N) is 2. The molecule has 0 aromatic carbocycles. The van der Waals surface area contributed by atoms with Crippen LogP contribution in [0.2, 0.25) is 0 Å².